The molecular weight excluding hydrogens is 416 g/mol. The number of amides is 1. The number of carbonyl (C=O) groups is 1. The van der Waals surface area contributed by atoms with Gasteiger partial charge < -0.3 is 14.6 Å². The molecule has 0 unspecified atom stereocenters. The summed E-state index contributed by atoms with van der Waals surface area (Å²) in [5, 5.41) is 2.82. The maximum absolute atomic E-state index is 12.7. The van der Waals surface area contributed by atoms with Crippen LogP contribution < -0.4 is 14.8 Å². The van der Waals surface area contributed by atoms with Gasteiger partial charge in [0.2, 0.25) is 0 Å². The van der Waals surface area contributed by atoms with Crippen molar-refractivity contribution in [2.45, 2.75) is 37.2 Å². The lowest BCUT2D eigenvalue weighted by Crippen LogP contribution is -2.23. The van der Waals surface area contributed by atoms with Crippen LogP contribution in [0.2, 0.25) is 0 Å². The average molecular weight is 441 g/mol. The molecule has 4 rings (SSSR count). The Bertz CT molecular complexity index is 1160. The largest absolute Gasteiger partial charge is 0.497 e. The second kappa shape index (κ2) is 8.81. The Kier molecular flexibility index (Phi) is 5.94. The fourth-order valence-corrected chi connectivity index (χ4v) is 4.61. The maximum Gasteiger partial charge on any atom is 0.261 e. The number of aromatic nitrogens is 2. The first-order chi connectivity index (χ1) is 14.9. The van der Waals surface area contributed by atoms with Crippen LogP contribution in [0, 0.1) is 0 Å². The highest BCUT2D eigenvalue weighted by molar-refractivity contribution is 7.92. The Hall–Kier alpha value is -3.33. The van der Waals surface area contributed by atoms with Gasteiger partial charge >= 0.3 is 0 Å². The Morgan fingerprint density at radius 2 is 1.97 bits per heavy atom. The monoisotopic (exact) mass is 440 g/mol. The van der Waals surface area contributed by atoms with Crippen LogP contribution in [0.1, 0.15) is 34.7 Å². The fourth-order valence-electron chi connectivity index (χ4n) is 3.51. The van der Waals surface area contributed by atoms with Crippen molar-refractivity contribution >= 4 is 21.6 Å². The van der Waals surface area contributed by atoms with Crippen LogP contribution in [0.4, 0.5) is 5.69 Å². The van der Waals surface area contributed by atoms with E-state index in [9.17, 15) is 13.2 Å². The lowest BCUT2D eigenvalue weighted by atomic mass is 10.2. The predicted octanol–water partition coefficient (Wildman–Crippen LogP) is 2.96. The number of hydrogen-bond acceptors (Lipinski definition) is 5. The van der Waals surface area contributed by atoms with Gasteiger partial charge in [-0.25, -0.2) is 13.4 Å². The highest BCUT2D eigenvalue weighted by atomic mass is 32.2. The Balaban J connectivity index is 1.43. The molecule has 0 aliphatic carbocycles. The van der Waals surface area contributed by atoms with E-state index in [0.717, 1.165) is 37.3 Å². The average Bonchev–Trinajstić information content (AvgIpc) is 3.21. The van der Waals surface area contributed by atoms with E-state index in [1.54, 1.807) is 36.4 Å². The number of nitrogens with zero attached hydrogens (tertiary/aromatic N) is 2. The quantitative estimate of drug-likeness (QED) is 0.588. The number of sulfonamides is 1. The molecular formula is C22H24N4O4S. The molecule has 0 bridgehead atoms. The first-order valence-electron chi connectivity index (χ1n) is 10.0. The molecule has 2 aromatic carbocycles. The second-order valence-corrected chi connectivity index (χ2v) is 9.03. The topological polar surface area (TPSA) is 102 Å². The van der Waals surface area contributed by atoms with E-state index < -0.39 is 10.0 Å². The molecule has 1 aliphatic heterocycles. The number of carbonyl (C=O) groups excluding carboxylic acids is 1. The van der Waals surface area contributed by atoms with Crippen LogP contribution in [0.25, 0.3) is 0 Å². The van der Waals surface area contributed by atoms with Gasteiger partial charge in [-0.05, 0) is 55.3 Å². The van der Waals surface area contributed by atoms with Crippen LogP contribution >= 0.6 is 0 Å². The number of methoxy groups -OCH3 is 1. The number of aryl methyl sites for hydroxylation is 2. The zero-order valence-electron chi connectivity index (χ0n) is 17.2. The molecule has 1 aliphatic rings. The van der Waals surface area contributed by atoms with Crippen LogP contribution in [0.5, 0.6) is 5.75 Å². The SMILES string of the molecule is COc1ccc(NS(=O)(=O)c2cccc(C(=O)NCc3cn4c(n3)CCCC4)c2)cc1. The van der Waals surface area contributed by atoms with Crippen molar-refractivity contribution in [2.75, 3.05) is 11.8 Å². The maximum atomic E-state index is 12.7. The molecule has 0 saturated heterocycles. The van der Waals surface area contributed by atoms with Crippen molar-refractivity contribution in [1.82, 2.24) is 14.9 Å². The third kappa shape index (κ3) is 4.88. The molecule has 0 radical (unpaired) electrons. The molecule has 3 aromatic rings. The van der Waals surface area contributed by atoms with Gasteiger partial charge in [-0.15, -0.1) is 0 Å². The lowest BCUT2D eigenvalue weighted by Gasteiger charge is -2.11. The first kappa shape index (κ1) is 20.9. The number of nitrogens with one attached hydrogen (secondary N) is 2. The van der Waals surface area contributed by atoms with Crippen LogP contribution in [0.15, 0.2) is 59.6 Å². The van der Waals surface area contributed by atoms with E-state index in [1.807, 2.05) is 6.20 Å². The van der Waals surface area contributed by atoms with Gasteiger partial charge in [0.15, 0.2) is 0 Å². The summed E-state index contributed by atoms with van der Waals surface area (Å²) in [7, 11) is -2.31. The highest BCUT2D eigenvalue weighted by Gasteiger charge is 2.17. The van der Waals surface area contributed by atoms with E-state index in [4.69, 9.17) is 4.74 Å². The van der Waals surface area contributed by atoms with E-state index in [-0.39, 0.29) is 16.4 Å². The molecule has 0 fully saturated rings. The predicted molar refractivity (Wildman–Crippen MR) is 117 cm³/mol. The molecule has 0 atom stereocenters. The summed E-state index contributed by atoms with van der Waals surface area (Å²) in [5.41, 5.74) is 1.47. The number of imidazole rings is 1. The minimum Gasteiger partial charge on any atom is -0.497 e. The molecule has 31 heavy (non-hydrogen) atoms. The minimum atomic E-state index is -3.84. The third-order valence-electron chi connectivity index (χ3n) is 5.14. The first-order valence-corrected chi connectivity index (χ1v) is 11.5. The van der Waals surface area contributed by atoms with Crippen LogP contribution in [-0.2, 0) is 29.5 Å². The molecule has 9 heteroatoms. The number of fused-ring (bicyclic) bond motifs is 1. The Morgan fingerprint density at radius 1 is 1.16 bits per heavy atom. The summed E-state index contributed by atoms with van der Waals surface area (Å²) < 4.78 is 35.2. The fraction of sp³-hybridized carbons (Fsp3) is 0.273. The van der Waals surface area contributed by atoms with Crippen molar-refractivity contribution in [3.05, 3.63) is 71.8 Å². The van der Waals surface area contributed by atoms with Gasteiger partial charge in [-0.1, -0.05) is 6.07 Å². The summed E-state index contributed by atoms with van der Waals surface area (Å²) in [6, 6.07) is 12.5. The zero-order chi connectivity index (χ0) is 21.8. The highest BCUT2D eigenvalue weighted by Crippen LogP contribution is 2.20. The van der Waals surface area contributed by atoms with Gasteiger partial charge in [0.25, 0.3) is 15.9 Å². The smallest absolute Gasteiger partial charge is 0.261 e. The number of anilines is 1. The minimum absolute atomic E-state index is 0.00780. The standard InChI is InChI=1S/C22H24N4O4S/c1-30-19-10-8-17(9-11-19)25-31(28,29)20-6-4-5-16(13-20)22(27)23-14-18-15-26-12-3-2-7-21(26)24-18/h4-6,8-11,13,15,25H,2-3,7,12,14H2,1H3,(H,23,27). The zero-order valence-corrected chi connectivity index (χ0v) is 18.0. The van der Waals surface area contributed by atoms with E-state index >= 15 is 0 Å². The summed E-state index contributed by atoms with van der Waals surface area (Å²) in [4.78, 5) is 17.2. The molecule has 1 amide bonds. The molecule has 1 aromatic heterocycles. The Labute approximate surface area is 181 Å². The summed E-state index contributed by atoms with van der Waals surface area (Å²) in [5.74, 6) is 1.32. The number of benzene rings is 2. The van der Waals surface area contributed by atoms with Crippen molar-refractivity contribution in [3.63, 3.8) is 0 Å². The molecule has 2 N–H and O–H groups in total. The Morgan fingerprint density at radius 3 is 2.71 bits per heavy atom. The van der Waals surface area contributed by atoms with E-state index in [1.165, 1.54) is 19.2 Å². The number of hydrogen-bond donors (Lipinski definition) is 2. The molecule has 0 spiro atoms. The van der Waals surface area contributed by atoms with E-state index in [2.05, 4.69) is 19.6 Å². The number of ether oxygens (including phenoxy) is 1. The van der Waals surface area contributed by atoms with Crippen molar-refractivity contribution < 1.29 is 17.9 Å². The van der Waals surface area contributed by atoms with Crippen LogP contribution in [0.3, 0.4) is 0 Å². The molecule has 0 saturated carbocycles. The van der Waals surface area contributed by atoms with Crippen molar-refractivity contribution in [3.8, 4) is 5.75 Å². The van der Waals surface area contributed by atoms with Gasteiger partial charge in [0.05, 0.1) is 24.2 Å². The molecule has 2 heterocycles. The van der Waals surface area contributed by atoms with Gasteiger partial charge in [0.1, 0.15) is 11.6 Å². The molecule has 162 valence electrons. The van der Waals surface area contributed by atoms with Crippen molar-refractivity contribution in [1.29, 1.82) is 0 Å². The summed E-state index contributed by atoms with van der Waals surface area (Å²) in [6.45, 7) is 1.25. The van der Waals surface area contributed by atoms with Crippen LogP contribution in [-0.4, -0.2) is 31.0 Å². The lowest BCUT2D eigenvalue weighted by molar-refractivity contribution is 0.0950. The van der Waals surface area contributed by atoms with Crippen molar-refractivity contribution in [2.24, 2.45) is 0 Å². The van der Waals surface area contributed by atoms with Gasteiger partial charge in [0, 0.05) is 30.4 Å². The number of rotatable bonds is 7. The summed E-state index contributed by atoms with van der Waals surface area (Å²) in [6.07, 6.45) is 5.19. The molecule has 8 nitrogen and oxygen atoms in total. The second-order valence-electron chi connectivity index (χ2n) is 7.34. The van der Waals surface area contributed by atoms with E-state index in [0.29, 0.717) is 18.0 Å². The normalized spacial score (nSPS) is 13.3. The van der Waals surface area contributed by atoms with Gasteiger partial charge in [-0.3, -0.25) is 9.52 Å². The summed E-state index contributed by atoms with van der Waals surface area (Å²) >= 11 is 0. The van der Waals surface area contributed by atoms with Gasteiger partial charge in [-0.2, -0.15) is 0 Å². The third-order valence-corrected chi connectivity index (χ3v) is 6.52.